The highest BCUT2D eigenvalue weighted by atomic mass is 16.5. The number of benzene rings is 4. The Morgan fingerprint density at radius 3 is 1.27 bits per heavy atom. The summed E-state index contributed by atoms with van der Waals surface area (Å²) in [7, 11) is 1.59. The number of hydrogen-bond acceptors (Lipinski definition) is 14. The lowest BCUT2D eigenvalue weighted by Crippen LogP contribution is -2.38. The molecule has 4 N–H and O–H groups in total. The molecule has 0 atom stereocenters. The van der Waals surface area contributed by atoms with E-state index in [-0.39, 0.29) is 121 Å². The minimum Gasteiger partial charge on any atom is -0.497 e. The zero-order chi connectivity index (χ0) is 68.3. The molecule has 0 bridgehead atoms. The number of carbonyl (C=O) groups excluding carboxylic acids is 5. The molecule has 0 aliphatic carbocycles. The third-order valence-corrected chi connectivity index (χ3v) is 14.5. The number of nitrogens with zero attached hydrogens (tertiary/aromatic N) is 4. The summed E-state index contributed by atoms with van der Waals surface area (Å²) < 4.78 is 13.7. The van der Waals surface area contributed by atoms with Crippen molar-refractivity contribution in [1.82, 2.24) is 34.0 Å². The maximum Gasteiger partial charge on any atom is 0.328 e. The molecule has 0 saturated heterocycles. The third kappa shape index (κ3) is 18.7. The van der Waals surface area contributed by atoms with E-state index in [0.717, 1.165) is 33.6 Å². The second-order valence-electron chi connectivity index (χ2n) is 22.9. The van der Waals surface area contributed by atoms with E-state index in [1.54, 1.807) is 104 Å². The number of ether oxygens (including phenoxy) is 2. The molecule has 3 heterocycles. The summed E-state index contributed by atoms with van der Waals surface area (Å²) in [5, 5.41) is 11.7. The second kappa shape index (κ2) is 33.2. The number of esters is 1. The van der Waals surface area contributed by atoms with Gasteiger partial charge >= 0.3 is 23.0 Å². The molecule has 7 aromatic rings. The molecule has 1 amide bonds. The van der Waals surface area contributed by atoms with Crippen LogP contribution in [0, 0.1) is 63.7 Å². The van der Waals surface area contributed by atoms with E-state index < -0.39 is 45.3 Å². The molecule has 0 unspecified atom stereocenters. The number of aromatic nitrogens is 6. The fourth-order valence-corrected chi connectivity index (χ4v) is 10.5. The molecular weight excluding hydrogens is 1170 g/mol. The van der Waals surface area contributed by atoms with Crippen LogP contribution in [-0.4, -0.2) is 71.6 Å². The first kappa shape index (κ1) is 72.0. The maximum absolute atomic E-state index is 13.7. The standard InChI is InChI=1S/C29H31N3O5.C23H26N2O5.C19H21N3O3/c1-6-20-14-19(4)15-22(16-20)27(34)26-25(18(2)3)28(35)31-29(36)32(26)13-7-8-24(33)30-17-21-9-11-23(37-5)12-10-21;1-6-16-11-15(5)12-17(13-16)21(27)20-19(14(3)4)22(28)24-23(29)25(20)10-8-9-18(26)30-7-2;1-11(2)15-16(17(23)14-9-12(3)8-13(4)10-14)22(7-5-6-20)19(25)21-18(15)24/h1,9-12,14-16,18H,7-8,13,17H2,2-5H3,(H,30,33)(H,31,35,36);1,11-14H,7-10H2,2-5H3,(H,24,28,29);8-11H,5,7H2,1-4H3,(H,21,24,25). The number of H-pyrrole nitrogens is 3. The van der Waals surface area contributed by atoms with Gasteiger partial charge in [0.25, 0.3) is 16.7 Å². The lowest BCUT2D eigenvalue weighted by Gasteiger charge is -2.17. The van der Waals surface area contributed by atoms with E-state index in [1.807, 2.05) is 64.1 Å². The maximum atomic E-state index is 13.7. The number of rotatable bonds is 23. The van der Waals surface area contributed by atoms with Crippen molar-refractivity contribution in [3.8, 4) is 36.5 Å². The number of methoxy groups -OCH3 is 1. The SMILES string of the molecule is C#Cc1cc(C)cc(C(=O)c2c(C(C)C)c(=O)[nH]c(=O)n2CCCC(=O)NCc2ccc(OC)cc2)c1.C#Cc1cc(C)cc(C(=O)c2c(C(C)C)c(=O)[nH]c(=O)n2CCCC(=O)OCC)c1.Cc1cc(C)cc(C(=O)c2c(C(C)C)c(=O)[nH]c(=O)n2CCC#N)c1. The lowest BCUT2D eigenvalue weighted by atomic mass is 9.95. The summed E-state index contributed by atoms with van der Waals surface area (Å²) in [4.78, 5) is 146. The largest absolute Gasteiger partial charge is 0.497 e. The molecule has 480 valence electrons. The summed E-state index contributed by atoms with van der Waals surface area (Å²) in [6.07, 6.45) is 11.9. The molecular formula is C71H78N8O13. The van der Waals surface area contributed by atoms with Gasteiger partial charge in [0, 0.05) is 83.5 Å². The predicted octanol–water partition coefficient (Wildman–Crippen LogP) is 8.23. The van der Waals surface area contributed by atoms with Crippen molar-refractivity contribution in [2.24, 2.45) is 0 Å². The smallest absolute Gasteiger partial charge is 0.328 e. The minimum atomic E-state index is -0.693. The number of nitrogens with one attached hydrogen (secondary N) is 4. The number of amides is 1. The average molecular weight is 1250 g/mol. The summed E-state index contributed by atoms with van der Waals surface area (Å²) in [6.45, 7) is 20.7. The zero-order valence-electron chi connectivity index (χ0n) is 54.1. The summed E-state index contributed by atoms with van der Waals surface area (Å²) in [6, 6.07) is 24.8. The van der Waals surface area contributed by atoms with Gasteiger partial charge in [-0.15, -0.1) is 12.8 Å². The Hall–Kier alpha value is -10.7. The fraction of sp³-hybridized carbons (Fsp3) is 0.352. The number of aryl methyl sites for hydroxylation is 4. The van der Waals surface area contributed by atoms with Crippen LogP contribution < -0.4 is 43.8 Å². The molecule has 0 radical (unpaired) electrons. The molecule has 21 heteroatoms. The van der Waals surface area contributed by atoms with Crippen molar-refractivity contribution in [2.75, 3.05) is 13.7 Å². The lowest BCUT2D eigenvalue weighted by molar-refractivity contribution is -0.143. The number of terminal acetylenes is 2. The quantitative estimate of drug-likeness (QED) is 0.0266. The number of aromatic amines is 3. The van der Waals surface area contributed by atoms with Gasteiger partial charge in [0.05, 0.1) is 26.2 Å². The fourth-order valence-electron chi connectivity index (χ4n) is 10.5. The number of hydrogen-bond donors (Lipinski definition) is 4. The molecule has 0 spiro atoms. The van der Waals surface area contributed by atoms with Gasteiger partial charge in [0.1, 0.15) is 22.8 Å². The molecule has 3 aromatic heterocycles. The van der Waals surface area contributed by atoms with Gasteiger partial charge in [-0.25, -0.2) is 14.4 Å². The monoisotopic (exact) mass is 1250 g/mol. The number of carbonyl (C=O) groups is 5. The van der Waals surface area contributed by atoms with E-state index in [1.165, 1.54) is 13.7 Å². The van der Waals surface area contributed by atoms with Crippen molar-refractivity contribution < 1.29 is 33.4 Å². The van der Waals surface area contributed by atoms with Crippen LogP contribution in [0.1, 0.15) is 202 Å². The number of nitriles is 1. The van der Waals surface area contributed by atoms with Gasteiger partial charge in [-0.2, -0.15) is 5.26 Å². The first-order valence-corrected chi connectivity index (χ1v) is 30.0. The van der Waals surface area contributed by atoms with E-state index in [9.17, 15) is 52.7 Å². The summed E-state index contributed by atoms with van der Waals surface area (Å²) in [5.74, 6) is 3.02. The Bertz CT molecular complexity index is 4410. The van der Waals surface area contributed by atoms with Crippen LogP contribution in [0.5, 0.6) is 5.75 Å². The predicted molar refractivity (Wildman–Crippen MR) is 351 cm³/mol. The molecule has 92 heavy (non-hydrogen) atoms. The molecule has 0 saturated carbocycles. The van der Waals surface area contributed by atoms with Crippen molar-refractivity contribution in [2.45, 2.75) is 152 Å². The van der Waals surface area contributed by atoms with Crippen molar-refractivity contribution in [3.05, 3.63) is 231 Å². The van der Waals surface area contributed by atoms with E-state index in [0.29, 0.717) is 40.8 Å². The second-order valence-corrected chi connectivity index (χ2v) is 22.9. The van der Waals surface area contributed by atoms with Gasteiger partial charge in [-0.1, -0.05) is 82.7 Å². The minimum absolute atomic E-state index is 0.0240. The first-order valence-electron chi connectivity index (χ1n) is 30.0. The molecule has 0 aliphatic heterocycles. The highest BCUT2D eigenvalue weighted by molar-refractivity contribution is 6.10. The Labute approximate surface area is 532 Å². The Balaban J connectivity index is 0.000000256. The molecule has 21 nitrogen and oxygen atoms in total. The van der Waals surface area contributed by atoms with E-state index >= 15 is 0 Å². The Morgan fingerprint density at radius 2 is 0.913 bits per heavy atom. The normalized spacial score (nSPS) is 10.7. The number of ketones is 3. The van der Waals surface area contributed by atoms with Gasteiger partial charge in [0.15, 0.2) is 0 Å². The van der Waals surface area contributed by atoms with E-state index in [4.69, 9.17) is 27.6 Å². The van der Waals surface area contributed by atoms with Gasteiger partial charge < -0.3 is 14.8 Å². The molecule has 7 rings (SSSR count). The topological polar surface area (TPSA) is 304 Å². The van der Waals surface area contributed by atoms with Crippen LogP contribution >= 0.6 is 0 Å². The van der Waals surface area contributed by atoms with Crippen molar-refractivity contribution in [3.63, 3.8) is 0 Å². The van der Waals surface area contributed by atoms with Crippen LogP contribution in [0.15, 0.2) is 108 Å². The highest BCUT2D eigenvalue weighted by Crippen LogP contribution is 2.24. The highest BCUT2D eigenvalue weighted by Gasteiger charge is 2.28. The van der Waals surface area contributed by atoms with Crippen molar-refractivity contribution in [1.29, 1.82) is 5.26 Å². The Morgan fingerprint density at radius 1 is 0.543 bits per heavy atom. The van der Waals surface area contributed by atoms with Crippen LogP contribution in [0.2, 0.25) is 0 Å². The average Bonchev–Trinajstić information content (AvgIpc) is 0.793. The van der Waals surface area contributed by atoms with Gasteiger partial charge in [-0.3, -0.25) is 67.0 Å². The Kier molecular flexibility index (Phi) is 26.0. The molecule has 4 aromatic carbocycles. The summed E-state index contributed by atoms with van der Waals surface area (Å²) >= 11 is 0. The van der Waals surface area contributed by atoms with E-state index in [2.05, 4.69) is 32.1 Å². The van der Waals surface area contributed by atoms with Crippen LogP contribution in [-0.2, 0) is 40.5 Å². The first-order chi connectivity index (χ1) is 43.6. The molecule has 0 fully saturated rings. The zero-order valence-corrected chi connectivity index (χ0v) is 54.1. The molecule has 0 aliphatic rings. The van der Waals surface area contributed by atoms with Gasteiger partial charge in [-0.05, 0) is 143 Å². The summed E-state index contributed by atoms with van der Waals surface area (Å²) in [5.41, 5.74) is 3.46. The van der Waals surface area contributed by atoms with Crippen LogP contribution in [0.4, 0.5) is 0 Å². The third-order valence-electron chi connectivity index (χ3n) is 14.5. The van der Waals surface area contributed by atoms with Crippen LogP contribution in [0.3, 0.4) is 0 Å². The van der Waals surface area contributed by atoms with Crippen LogP contribution in [0.25, 0.3) is 0 Å². The van der Waals surface area contributed by atoms with Gasteiger partial charge in [0.2, 0.25) is 23.3 Å². The van der Waals surface area contributed by atoms with Crippen molar-refractivity contribution >= 4 is 29.2 Å².